The molecule has 2 aromatic rings. The van der Waals surface area contributed by atoms with Gasteiger partial charge in [-0.05, 0) is 50.5 Å². The summed E-state index contributed by atoms with van der Waals surface area (Å²) in [5, 5.41) is 0. The second-order valence-corrected chi connectivity index (χ2v) is 5.67. The highest BCUT2D eigenvalue weighted by molar-refractivity contribution is 5.43. The van der Waals surface area contributed by atoms with Crippen LogP contribution in [-0.4, -0.2) is 12.6 Å². The topological polar surface area (TPSA) is 44.5 Å². The zero-order chi connectivity index (χ0) is 15.9. The minimum Gasteiger partial charge on any atom is -0.490 e. The molecule has 0 spiro atoms. The summed E-state index contributed by atoms with van der Waals surface area (Å²) >= 11 is 0. The minimum absolute atomic E-state index is 0.133. The summed E-state index contributed by atoms with van der Waals surface area (Å²) in [7, 11) is 0. The third-order valence-corrected chi connectivity index (χ3v) is 3.34. The van der Waals surface area contributed by atoms with Gasteiger partial charge in [-0.3, -0.25) is 0 Å². The molecular weight excluding hydrogens is 274 g/mol. The molecule has 2 rings (SSSR count). The number of aryl methyl sites for hydroxylation is 1. The van der Waals surface area contributed by atoms with Gasteiger partial charge in [0.15, 0.2) is 11.5 Å². The van der Waals surface area contributed by atoms with Gasteiger partial charge in [0.2, 0.25) is 0 Å². The molecular formula is C19H25NO2. The predicted molar refractivity (Wildman–Crippen MR) is 90.5 cm³/mol. The normalized spacial score (nSPS) is 12.0. The molecule has 0 saturated heterocycles. The SMILES string of the molecule is CCOc1cc(CC(C)N)ccc1OCc1cccc(C)c1. The summed E-state index contributed by atoms with van der Waals surface area (Å²) in [6.45, 7) is 7.21. The van der Waals surface area contributed by atoms with Crippen LogP contribution in [0.5, 0.6) is 11.5 Å². The summed E-state index contributed by atoms with van der Waals surface area (Å²) in [6.07, 6.45) is 0.832. The van der Waals surface area contributed by atoms with Crippen LogP contribution < -0.4 is 15.2 Å². The lowest BCUT2D eigenvalue weighted by atomic mass is 10.1. The largest absolute Gasteiger partial charge is 0.490 e. The van der Waals surface area contributed by atoms with Crippen molar-refractivity contribution in [2.45, 2.75) is 39.8 Å². The van der Waals surface area contributed by atoms with Crippen LogP contribution in [0.3, 0.4) is 0 Å². The molecule has 2 aromatic carbocycles. The molecule has 1 unspecified atom stereocenters. The summed E-state index contributed by atoms with van der Waals surface area (Å²) in [5.41, 5.74) is 9.42. The molecule has 3 nitrogen and oxygen atoms in total. The highest BCUT2D eigenvalue weighted by atomic mass is 16.5. The average Bonchev–Trinajstić information content (AvgIpc) is 2.46. The van der Waals surface area contributed by atoms with E-state index in [1.54, 1.807) is 0 Å². The Morgan fingerprint density at radius 3 is 2.50 bits per heavy atom. The van der Waals surface area contributed by atoms with Crippen molar-refractivity contribution in [3.05, 3.63) is 59.2 Å². The van der Waals surface area contributed by atoms with Gasteiger partial charge in [-0.15, -0.1) is 0 Å². The van der Waals surface area contributed by atoms with Gasteiger partial charge in [-0.25, -0.2) is 0 Å². The molecule has 0 bridgehead atoms. The van der Waals surface area contributed by atoms with Crippen molar-refractivity contribution in [1.29, 1.82) is 0 Å². The first-order valence-electron chi connectivity index (χ1n) is 7.78. The quantitative estimate of drug-likeness (QED) is 0.844. The highest BCUT2D eigenvalue weighted by Gasteiger charge is 2.08. The fourth-order valence-corrected chi connectivity index (χ4v) is 2.40. The molecule has 118 valence electrons. The first kappa shape index (κ1) is 16.4. The lowest BCUT2D eigenvalue weighted by Crippen LogP contribution is -2.17. The Balaban J connectivity index is 2.11. The molecule has 0 heterocycles. The van der Waals surface area contributed by atoms with Crippen molar-refractivity contribution < 1.29 is 9.47 Å². The molecule has 0 aliphatic rings. The van der Waals surface area contributed by atoms with Crippen molar-refractivity contribution in [3.8, 4) is 11.5 Å². The maximum absolute atomic E-state index is 5.93. The van der Waals surface area contributed by atoms with E-state index in [-0.39, 0.29) is 6.04 Å². The molecule has 0 saturated carbocycles. The lowest BCUT2D eigenvalue weighted by molar-refractivity contribution is 0.269. The molecule has 0 radical (unpaired) electrons. The van der Waals surface area contributed by atoms with Gasteiger partial charge < -0.3 is 15.2 Å². The van der Waals surface area contributed by atoms with Gasteiger partial charge >= 0.3 is 0 Å². The Bertz CT molecular complexity index is 608. The van der Waals surface area contributed by atoms with Crippen molar-refractivity contribution in [2.75, 3.05) is 6.61 Å². The fourth-order valence-electron chi connectivity index (χ4n) is 2.40. The molecule has 0 aliphatic heterocycles. The van der Waals surface area contributed by atoms with Crippen LogP contribution in [0.15, 0.2) is 42.5 Å². The maximum Gasteiger partial charge on any atom is 0.161 e. The van der Waals surface area contributed by atoms with Crippen LogP contribution in [0.2, 0.25) is 0 Å². The molecule has 1 atom stereocenters. The number of ether oxygens (including phenoxy) is 2. The van der Waals surface area contributed by atoms with Crippen LogP contribution in [0.25, 0.3) is 0 Å². The van der Waals surface area contributed by atoms with E-state index in [1.165, 1.54) is 11.1 Å². The smallest absolute Gasteiger partial charge is 0.161 e. The number of hydrogen-bond donors (Lipinski definition) is 1. The molecule has 0 amide bonds. The first-order valence-corrected chi connectivity index (χ1v) is 7.78. The van der Waals surface area contributed by atoms with E-state index in [1.807, 2.05) is 32.0 Å². The summed E-state index contributed by atoms with van der Waals surface area (Å²) in [5.74, 6) is 1.56. The molecule has 0 aliphatic carbocycles. The lowest BCUT2D eigenvalue weighted by Gasteiger charge is -2.14. The molecule has 2 N–H and O–H groups in total. The van der Waals surface area contributed by atoms with Gasteiger partial charge in [-0.1, -0.05) is 35.9 Å². The highest BCUT2D eigenvalue weighted by Crippen LogP contribution is 2.29. The Morgan fingerprint density at radius 1 is 1.00 bits per heavy atom. The number of rotatable bonds is 7. The Hall–Kier alpha value is -2.00. The van der Waals surface area contributed by atoms with E-state index >= 15 is 0 Å². The maximum atomic E-state index is 5.93. The summed E-state index contributed by atoms with van der Waals surface area (Å²) < 4.78 is 11.6. The summed E-state index contributed by atoms with van der Waals surface area (Å²) in [6, 6.07) is 14.5. The number of nitrogens with two attached hydrogens (primary N) is 1. The van der Waals surface area contributed by atoms with Gasteiger partial charge in [0.1, 0.15) is 6.61 Å². The monoisotopic (exact) mass is 299 g/mol. The second-order valence-electron chi connectivity index (χ2n) is 5.67. The van der Waals surface area contributed by atoms with Crippen LogP contribution in [0.4, 0.5) is 0 Å². The average molecular weight is 299 g/mol. The van der Waals surface area contributed by atoms with Crippen LogP contribution >= 0.6 is 0 Å². The van der Waals surface area contributed by atoms with Crippen LogP contribution in [0.1, 0.15) is 30.5 Å². The zero-order valence-electron chi connectivity index (χ0n) is 13.6. The van der Waals surface area contributed by atoms with Gasteiger partial charge in [0.25, 0.3) is 0 Å². The van der Waals surface area contributed by atoms with E-state index in [2.05, 4.69) is 31.2 Å². The predicted octanol–water partition coefficient (Wildman–Crippen LogP) is 3.86. The number of hydrogen-bond acceptors (Lipinski definition) is 3. The van der Waals surface area contributed by atoms with E-state index in [4.69, 9.17) is 15.2 Å². The molecule has 0 aromatic heterocycles. The van der Waals surface area contributed by atoms with Crippen molar-refractivity contribution in [3.63, 3.8) is 0 Å². The Morgan fingerprint density at radius 2 is 1.82 bits per heavy atom. The van der Waals surface area contributed by atoms with Crippen LogP contribution in [-0.2, 0) is 13.0 Å². The Labute approximate surface area is 133 Å². The van der Waals surface area contributed by atoms with Crippen LogP contribution in [0, 0.1) is 6.92 Å². The van der Waals surface area contributed by atoms with E-state index in [0.29, 0.717) is 13.2 Å². The fraction of sp³-hybridized carbons (Fsp3) is 0.368. The Kier molecular flexibility index (Phi) is 5.84. The van der Waals surface area contributed by atoms with Gasteiger partial charge in [0, 0.05) is 6.04 Å². The second kappa shape index (κ2) is 7.85. The third-order valence-electron chi connectivity index (χ3n) is 3.34. The molecule has 3 heteroatoms. The summed E-state index contributed by atoms with van der Waals surface area (Å²) in [4.78, 5) is 0. The molecule has 22 heavy (non-hydrogen) atoms. The number of benzene rings is 2. The van der Waals surface area contributed by atoms with Crippen molar-refractivity contribution in [1.82, 2.24) is 0 Å². The van der Waals surface area contributed by atoms with Crippen molar-refractivity contribution in [2.24, 2.45) is 5.73 Å². The first-order chi connectivity index (χ1) is 10.6. The van der Waals surface area contributed by atoms with Gasteiger partial charge in [0.05, 0.1) is 6.61 Å². The third kappa shape index (κ3) is 4.78. The standard InChI is InChI=1S/C19H25NO2/c1-4-21-19-12-16(11-15(3)20)8-9-18(19)22-13-17-7-5-6-14(2)10-17/h5-10,12,15H,4,11,13,20H2,1-3H3. The van der Waals surface area contributed by atoms with Crippen molar-refractivity contribution >= 4 is 0 Å². The molecule has 0 fully saturated rings. The van der Waals surface area contributed by atoms with E-state index in [0.717, 1.165) is 23.5 Å². The van der Waals surface area contributed by atoms with E-state index in [9.17, 15) is 0 Å². The van der Waals surface area contributed by atoms with Gasteiger partial charge in [-0.2, -0.15) is 0 Å². The van der Waals surface area contributed by atoms with E-state index < -0.39 is 0 Å². The zero-order valence-corrected chi connectivity index (χ0v) is 13.6. The minimum atomic E-state index is 0.133.